The highest BCUT2D eigenvalue weighted by Gasteiger charge is 2.51. The van der Waals surface area contributed by atoms with Crippen LogP contribution < -0.4 is 10.2 Å². The van der Waals surface area contributed by atoms with Gasteiger partial charge >= 0.3 is 13.1 Å². The molecule has 1 aromatic carbocycles. The topological polar surface area (TPSA) is 65.0 Å². The molecule has 6 heteroatoms. The summed E-state index contributed by atoms with van der Waals surface area (Å²) in [6.07, 6.45) is 0. The highest BCUT2D eigenvalue weighted by atomic mass is 16.7. The van der Waals surface area contributed by atoms with Crippen molar-refractivity contribution in [2.45, 2.75) is 45.8 Å². The molecule has 0 unspecified atom stereocenters. The molecule has 0 saturated carbocycles. The van der Waals surface area contributed by atoms with Crippen LogP contribution in [-0.4, -0.2) is 36.5 Å². The molecule has 1 aromatic rings. The van der Waals surface area contributed by atoms with E-state index in [9.17, 15) is 9.90 Å². The zero-order chi connectivity index (χ0) is 16.0. The second kappa shape index (κ2) is 5.03. The third-order valence-corrected chi connectivity index (χ3v) is 4.26. The minimum atomic E-state index is -1.03. The fraction of sp³-hybridized carbons (Fsp3) is 0.533. The van der Waals surface area contributed by atoms with Gasteiger partial charge in [-0.25, -0.2) is 4.79 Å². The fourth-order valence-electron chi connectivity index (χ4n) is 2.35. The molecule has 0 spiro atoms. The predicted molar refractivity (Wildman–Crippen MR) is 80.4 cm³/mol. The molecular weight excluding hydrogens is 271 g/mol. The molecule has 1 aliphatic rings. The van der Waals surface area contributed by atoms with Crippen molar-refractivity contribution in [1.82, 2.24) is 0 Å². The molecule has 0 atom stereocenters. The Labute approximate surface area is 125 Å². The maximum absolute atomic E-state index is 11.4. The zero-order valence-corrected chi connectivity index (χ0v) is 13.3. The van der Waals surface area contributed by atoms with Crippen LogP contribution in [0.15, 0.2) is 12.1 Å². The van der Waals surface area contributed by atoms with E-state index in [1.165, 1.54) is 7.11 Å². The Kier molecular flexibility index (Phi) is 3.80. The molecule has 1 fully saturated rings. The van der Waals surface area contributed by atoms with E-state index in [4.69, 9.17) is 14.0 Å². The standard InChI is InChI=1S/C15H21BO5/c1-9-7-10(8-11(13(17)18)12(9)19-6)16-20-14(2,3)15(4,5)21-16/h7-8H,1-6H3,(H,17,18). The maximum atomic E-state index is 11.4. The first-order valence-electron chi connectivity index (χ1n) is 6.86. The molecule has 0 bridgehead atoms. The van der Waals surface area contributed by atoms with Gasteiger partial charge in [0.1, 0.15) is 11.3 Å². The predicted octanol–water partition coefficient (Wildman–Crippen LogP) is 2.00. The number of hydrogen-bond acceptors (Lipinski definition) is 4. The lowest BCUT2D eigenvalue weighted by Gasteiger charge is -2.32. The van der Waals surface area contributed by atoms with E-state index in [0.717, 1.165) is 5.56 Å². The summed E-state index contributed by atoms with van der Waals surface area (Å²) in [5.41, 5.74) is 0.609. The Hall–Kier alpha value is -1.53. The van der Waals surface area contributed by atoms with E-state index in [1.54, 1.807) is 13.0 Å². The summed E-state index contributed by atoms with van der Waals surface area (Å²) in [4.78, 5) is 11.4. The second-order valence-corrected chi connectivity index (χ2v) is 6.31. The first-order chi connectivity index (χ1) is 9.59. The summed E-state index contributed by atoms with van der Waals surface area (Å²) in [7, 11) is 0.876. The van der Waals surface area contributed by atoms with Crippen LogP contribution in [0.3, 0.4) is 0 Å². The Morgan fingerprint density at radius 2 is 1.71 bits per heavy atom. The number of benzene rings is 1. The normalized spacial score (nSPS) is 19.6. The molecule has 0 amide bonds. The van der Waals surface area contributed by atoms with E-state index in [1.807, 2.05) is 33.8 Å². The van der Waals surface area contributed by atoms with E-state index in [0.29, 0.717) is 11.2 Å². The van der Waals surface area contributed by atoms with Gasteiger partial charge in [-0.05, 0) is 51.7 Å². The molecule has 5 nitrogen and oxygen atoms in total. The molecule has 1 aliphatic heterocycles. The number of aromatic carboxylic acids is 1. The molecule has 114 valence electrons. The number of methoxy groups -OCH3 is 1. The Balaban J connectivity index is 2.45. The van der Waals surface area contributed by atoms with Crippen LogP contribution in [0, 0.1) is 6.92 Å². The van der Waals surface area contributed by atoms with Gasteiger partial charge in [-0.1, -0.05) is 6.07 Å². The highest BCUT2D eigenvalue weighted by Crippen LogP contribution is 2.37. The van der Waals surface area contributed by atoms with Gasteiger partial charge in [-0.3, -0.25) is 0 Å². The summed E-state index contributed by atoms with van der Waals surface area (Å²) in [6.45, 7) is 9.64. The van der Waals surface area contributed by atoms with E-state index < -0.39 is 24.3 Å². The van der Waals surface area contributed by atoms with Crippen molar-refractivity contribution in [2.75, 3.05) is 7.11 Å². The SMILES string of the molecule is COc1c(C)cc(B2OC(C)(C)C(C)(C)O2)cc1C(=O)O. The summed E-state index contributed by atoms with van der Waals surface area (Å²) >= 11 is 0. The van der Waals surface area contributed by atoms with E-state index >= 15 is 0 Å². The quantitative estimate of drug-likeness (QED) is 0.863. The molecule has 1 N–H and O–H groups in total. The number of hydrogen-bond donors (Lipinski definition) is 1. The molecule has 0 radical (unpaired) electrons. The Morgan fingerprint density at radius 3 is 2.14 bits per heavy atom. The van der Waals surface area contributed by atoms with Crippen LogP contribution in [0.5, 0.6) is 5.75 Å². The lowest BCUT2D eigenvalue weighted by Crippen LogP contribution is -2.41. The average Bonchev–Trinajstić information content (AvgIpc) is 2.57. The van der Waals surface area contributed by atoms with Crippen LogP contribution in [0.2, 0.25) is 0 Å². The number of carboxylic acid groups (broad SMARTS) is 1. The van der Waals surface area contributed by atoms with Crippen molar-refractivity contribution in [3.05, 3.63) is 23.3 Å². The minimum absolute atomic E-state index is 0.113. The van der Waals surface area contributed by atoms with Crippen molar-refractivity contribution >= 4 is 18.6 Å². The minimum Gasteiger partial charge on any atom is -0.496 e. The summed E-state index contributed by atoms with van der Waals surface area (Å²) in [5.74, 6) is -0.670. The van der Waals surface area contributed by atoms with Gasteiger partial charge in [-0.15, -0.1) is 0 Å². The van der Waals surface area contributed by atoms with Gasteiger partial charge < -0.3 is 19.2 Å². The Bertz CT molecular complexity index is 564. The van der Waals surface area contributed by atoms with Gasteiger partial charge in [0, 0.05) is 0 Å². The second-order valence-electron chi connectivity index (χ2n) is 6.31. The Morgan fingerprint density at radius 1 is 1.19 bits per heavy atom. The first-order valence-corrected chi connectivity index (χ1v) is 6.86. The molecule has 0 aliphatic carbocycles. The van der Waals surface area contributed by atoms with Crippen LogP contribution in [0.1, 0.15) is 43.6 Å². The van der Waals surface area contributed by atoms with Crippen molar-refractivity contribution < 1.29 is 23.9 Å². The first kappa shape index (κ1) is 15.9. The van der Waals surface area contributed by atoms with Gasteiger partial charge in [-0.2, -0.15) is 0 Å². The monoisotopic (exact) mass is 292 g/mol. The third-order valence-electron chi connectivity index (χ3n) is 4.26. The maximum Gasteiger partial charge on any atom is 0.494 e. The molecule has 0 aromatic heterocycles. The smallest absolute Gasteiger partial charge is 0.494 e. The van der Waals surface area contributed by atoms with Crippen LogP contribution in [-0.2, 0) is 9.31 Å². The largest absolute Gasteiger partial charge is 0.496 e. The van der Waals surface area contributed by atoms with Crippen LogP contribution in [0.4, 0.5) is 0 Å². The summed E-state index contributed by atoms with van der Waals surface area (Å²) in [5, 5.41) is 9.33. The number of ether oxygens (including phenoxy) is 1. The van der Waals surface area contributed by atoms with Crippen molar-refractivity contribution in [2.24, 2.45) is 0 Å². The zero-order valence-electron chi connectivity index (χ0n) is 13.3. The van der Waals surface area contributed by atoms with E-state index in [2.05, 4.69) is 0 Å². The number of aryl methyl sites for hydroxylation is 1. The van der Waals surface area contributed by atoms with Crippen molar-refractivity contribution in [3.63, 3.8) is 0 Å². The summed E-state index contributed by atoms with van der Waals surface area (Å²) in [6, 6.07) is 3.39. The number of carboxylic acids is 1. The lowest BCUT2D eigenvalue weighted by atomic mass is 9.77. The number of carbonyl (C=O) groups is 1. The van der Waals surface area contributed by atoms with Gasteiger partial charge in [0.15, 0.2) is 0 Å². The van der Waals surface area contributed by atoms with Gasteiger partial charge in [0.25, 0.3) is 0 Å². The van der Waals surface area contributed by atoms with E-state index in [-0.39, 0.29) is 5.56 Å². The molecular formula is C15H21BO5. The van der Waals surface area contributed by atoms with Crippen LogP contribution in [0.25, 0.3) is 0 Å². The number of rotatable bonds is 3. The third kappa shape index (κ3) is 2.65. The highest BCUT2D eigenvalue weighted by molar-refractivity contribution is 6.62. The van der Waals surface area contributed by atoms with Crippen molar-refractivity contribution in [3.8, 4) is 5.75 Å². The molecule has 1 saturated heterocycles. The molecule has 2 rings (SSSR count). The average molecular weight is 292 g/mol. The molecule has 21 heavy (non-hydrogen) atoms. The molecule has 1 heterocycles. The van der Waals surface area contributed by atoms with Crippen LogP contribution >= 0.6 is 0 Å². The van der Waals surface area contributed by atoms with Gasteiger partial charge in [0.2, 0.25) is 0 Å². The van der Waals surface area contributed by atoms with Gasteiger partial charge in [0.05, 0.1) is 18.3 Å². The lowest BCUT2D eigenvalue weighted by molar-refractivity contribution is 0.00578. The fourth-order valence-corrected chi connectivity index (χ4v) is 2.35. The summed E-state index contributed by atoms with van der Waals surface area (Å²) < 4.78 is 17.1. The van der Waals surface area contributed by atoms with Crippen molar-refractivity contribution in [1.29, 1.82) is 0 Å².